The van der Waals surface area contributed by atoms with Gasteiger partial charge in [0.05, 0.1) is 12.1 Å². The summed E-state index contributed by atoms with van der Waals surface area (Å²) in [6.45, 7) is 2.06. The topological polar surface area (TPSA) is 77.7 Å². The number of hydrazine groups is 2. The Morgan fingerprint density at radius 2 is 2.04 bits per heavy atom. The molecule has 4 rings (SSSR count). The van der Waals surface area contributed by atoms with Crippen LogP contribution in [0.5, 0.6) is 0 Å². The fraction of sp³-hybridized carbons (Fsp3) is 0.632. The third kappa shape index (κ3) is 4.17. The van der Waals surface area contributed by atoms with E-state index in [0.29, 0.717) is 19.1 Å². The van der Waals surface area contributed by atoms with E-state index < -0.39 is 0 Å². The molecule has 2 saturated heterocycles. The van der Waals surface area contributed by atoms with Gasteiger partial charge in [-0.3, -0.25) is 0 Å². The maximum Gasteiger partial charge on any atom is 0.318 e. The van der Waals surface area contributed by atoms with Crippen LogP contribution in [-0.4, -0.2) is 48.3 Å². The molecular weight excluding hydrogens is 330 g/mol. The molecule has 7 nitrogen and oxygen atoms in total. The Bertz CT molecular complexity index is 593. The van der Waals surface area contributed by atoms with Gasteiger partial charge in [-0.25, -0.2) is 15.6 Å². The molecule has 0 spiro atoms. The number of nitrogens with zero attached hydrogens (tertiary/aromatic N) is 1. The van der Waals surface area contributed by atoms with Crippen molar-refractivity contribution in [2.24, 2.45) is 0 Å². The molecule has 3 fully saturated rings. The van der Waals surface area contributed by atoms with Crippen molar-refractivity contribution in [3.8, 4) is 0 Å². The van der Waals surface area contributed by atoms with Crippen molar-refractivity contribution in [3.63, 3.8) is 0 Å². The maximum absolute atomic E-state index is 13.1. The molecule has 4 unspecified atom stereocenters. The zero-order valence-electron chi connectivity index (χ0n) is 15.1. The quantitative estimate of drug-likeness (QED) is 0.637. The monoisotopic (exact) mass is 359 g/mol. The lowest BCUT2D eigenvalue weighted by molar-refractivity contribution is 0.0781. The number of urea groups is 1. The molecule has 1 aromatic carbocycles. The first-order valence-corrected chi connectivity index (χ1v) is 9.76. The molecule has 2 heterocycles. The second-order valence-electron chi connectivity index (χ2n) is 7.53. The minimum atomic E-state index is 0.00343. The van der Waals surface area contributed by atoms with Crippen LogP contribution in [0.1, 0.15) is 37.7 Å². The Morgan fingerprint density at radius 3 is 2.85 bits per heavy atom. The largest absolute Gasteiger partial charge is 0.376 e. The zero-order valence-corrected chi connectivity index (χ0v) is 15.1. The summed E-state index contributed by atoms with van der Waals surface area (Å²) in [5.41, 5.74) is 10.7. The van der Waals surface area contributed by atoms with Crippen molar-refractivity contribution < 1.29 is 9.53 Å². The van der Waals surface area contributed by atoms with Crippen LogP contribution in [0.4, 0.5) is 4.79 Å². The van der Waals surface area contributed by atoms with E-state index >= 15 is 0 Å². The Labute approximate surface area is 154 Å². The summed E-state index contributed by atoms with van der Waals surface area (Å²) in [6, 6.07) is 10.9. The summed E-state index contributed by atoms with van der Waals surface area (Å²) in [5, 5.41) is 3.27. The highest BCUT2D eigenvalue weighted by molar-refractivity contribution is 5.74. The molecule has 3 aliphatic rings. The van der Waals surface area contributed by atoms with Gasteiger partial charge >= 0.3 is 6.03 Å². The van der Waals surface area contributed by atoms with Crippen molar-refractivity contribution in [2.45, 2.75) is 62.9 Å². The SMILES string of the molecule is O=C(NC1CCCC2NNNC21)N(Cc1ccccc1)CC1CCCO1. The number of fused-ring (bicyclic) bond motifs is 1. The summed E-state index contributed by atoms with van der Waals surface area (Å²) in [5.74, 6) is 0. The van der Waals surface area contributed by atoms with E-state index in [2.05, 4.69) is 33.8 Å². The molecule has 4 N–H and O–H groups in total. The van der Waals surface area contributed by atoms with Crippen molar-refractivity contribution in [1.82, 2.24) is 26.6 Å². The van der Waals surface area contributed by atoms with Gasteiger partial charge in [0, 0.05) is 31.8 Å². The predicted molar refractivity (Wildman–Crippen MR) is 99.0 cm³/mol. The highest BCUT2D eigenvalue weighted by atomic mass is 16.5. The van der Waals surface area contributed by atoms with E-state index in [1.54, 1.807) is 0 Å². The Kier molecular flexibility index (Phi) is 5.69. The molecule has 0 radical (unpaired) electrons. The van der Waals surface area contributed by atoms with E-state index in [1.165, 1.54) is 0 Å². The number of amides is 2. The normalized spacial score (nSPS) is 30.8. The summed E-state index contributed by atoms with van der Waals surface area (Å²) >= 11 is 0. The van der Waals surface area contributed by atoms with E-state index in [-0.39, 0.29) is 24.2 Å². The van der Waals surface area contributed by atoms with Gasteiger partial charge in [-0.2, -0.15) is 5.53 Å². The number of hydrogen-bond acceptors (Lipinski definition) is 5. The molecule has 2 amide bonds. The minimum Gasteiger partial charge on any atom is -0.376 e. The summed E-state index contributed by atoms with van der Waals surface area (Å²) in [7, 11) is 0. The molecule has 142 valence electrons. The fourth-order valence-corrected chi connectivity index (χ4v) is 4.25. The van der Waals surface area contributed by atoms with Gasteiger partial charge in [0.15, 0.2) is 0 Å². The molecule has 4 atom stereocenters. The first-order valence-electron chi connectivity index (χ1n) is 9.76. The van der Waals surface area contributed by atoms with Gasteiger partial charge in [-0.15, -0.1) is 0 Å². The van der Waals surface area contributed by atoms with Crippen LogP contribution >= 0.6 is 0 Å². The first-order chi connectivity index (χ1) is 12.8. The number of carbonyl (C=O) groups is 1. The van der Waals surface area contributed by atoms with Crippen LogP contribution in [0, 0.1) is 0 Å². The number of carbonyl (C=O) groups excluding carboxylic acids is 1. The van der Waals surface area contributed by atoms with Gasteiger partial charge in [0.1, 0.15) is 0 Å². The van der Waals surface area contributed by atoms with Gasteiger partial charge in [-0.05, 0) is 37.7 Å². The van der Waals surface area contributed by atoms with E-state index in [1.807, 2.05) is 23.1 Å². The lowest BCUT2D eigenvalue weighted by atomic mass is 9.87. The minimum absolute atomic E-state index is 0.00343. The zero-order chi connectivity index (χ0) is 17.8. The summed E-state index contributed by atoms with van der Waals surface area (Å²) < 4.78 is 5.78. The summed E-state index contributed by atoms with van der Waals surface area (Å²) in [4.78, 5) is 15.0. The Hall–Kier alpha value is -1.67. The average molecular weight is 359 g/mol. The molecule has 1 aromatic rings. The standard InChI is InChI=1S/C19H29N5O2/c25-19(20-16-9-4-10-17-18(16)22-23-21-17)24(13-15-8-5-11-26-15)12-14-6-2-1-3-7-14/h1-3,6-7,15-18,21-23H,4-5,8-13H2,(H,20,25). The number of ether oxygens (including phenoxy) is 1. The van der Waals surface area contributed by atoms with E-state index in [0.717, 1.165) is 44.3 Å². The first kappa shape index (κ1) is 17.7. The van der Waals surface area contributed by atoms with Crippen LogP contribution in [0.2, 0.25) is 0 Å². The average Bonchev–Trinajstić information content (AvgIpc) is 3.34. The van der Waals surface area contributed by atoms with Crippen LogP contribution in [0.15, 0.2) is 30.3 Å². The van der Waals surface area contributed by atoms with E-state index in [4.69, 9.17) is 4.74 Å². The highest BCUT2D eigenvalue weighted by Gasteiger charge is 2.38. The molecule has 26 heavy (non-hydrogen) atoms. The molecular formula is C19H29N5O2. The second-order valence-corrected chi connectivity index (χ2v) is 7.53. The lowest BCUT2D eigenvalue weighted by Gasteiger charge is -2.35. The Balaban J connectivity index is 1.42. The van der Waals surface area contributed by atoms with Crippen molar-refractivity contribution >= 4 is 6.03 Å². The van der Waals surface area contributed by atoms with Gasteiger partial charge in [0.25, 0.3) is 0 Å². The molecule has 0 bridgehead atoms. The van der Waals surface area contributed by atoms with Crippen molar-refractivity contribution in [3.05, 3.63) is 35.9 Å². The van der Waals surface area contributed by atoms with Crippen LogP contribution in [0.3, 0.4) is 0 Å². The van der Waals surface area contributed by atoms with Crippen molar-refractivity contribution in [2.75, 3.05) is 13.2 Å². The van der Waals surface area contributed by atoms with Crippen molar-refractivity contribution in [1.29, 1.82) is 0 Å². The number of rotatable bonds is 5. The Morgan fingerprint density at radius 1 is 1.15 bits per heavy atom. The fourth-order valence-electron chi connectivity index (χ4n) is 4.25. The third-order valence-electron chi connectivity index (χ3n) is 5.65. The van der Waals surface area contributed by atoms with Gasteiger partial charge in [-0.1, -0.05) is 30.3 Å². The van der Waals surface area contributed by atoms with Gasteiger partial charge < -0.3 is 15.0 Å². The second kappa shape index (κ2) is 8.35. The van der Waals surface area contributed by atoms with Crippen LogP contribution in [0.25, 0.3) is 0 Å². The van der Waals surface area contributed by atoms with E-state index in [9.17, 15) is 4.79 Å². The highest BCUT2D eigenvalue weighted by Crippen LogP contribution is 2.22. The molecule has 1 aliphatic carbocycles. The molecule has 2 aliphatic heterocycles. The van der Waals surface area contributed by atoms with Crippen LogP contribution < -0.4 is 21.7 Å². The molecule has 1 saturated carbocycles. The number of benzene rings is 1. The number of hydrogen-bond donors (Lipinski definition) is 4. The summed E-state index contributed by atoms with van der Waals surface area (Å²) in [6.07, 6.45) is 5.51. The predicted octanol–water partition coefficient (Wildman–Crippen LogP) is 1.28. The molecule has 7 heteroatoms. The van der Waals surface area contributed by atoms with Gasteiger partial charge in [0.2, 0.25) is 0 Å². The number of nitrogens with one attached hydrogen (secondary N) is 4. The third-order valence-corrected chi connectivity index (χ3v) is 5.65. The van der Waals surface area contributed by atoms with Crippen LogP contribution in [-0.2, 0) is 11.3 Å². The smallest absolute Gasteiger partial charge is 0.318 e. The molecule has 0 aromatic heterocycles. The lowest BCUT2D eigenvalue weighted by Crippen LogP contribution is -2.57. The maximum atomic E-state index is 13.1.